The summed E-state index contributed by atoms with van der Waals surface area (Å²) in [6.45, 7) is 0.259. The van der Waals surface area contributed by atoms with E-state index < -0.39 is 0 Å². The lowest BCUT2D eigenvalue weighted by Gasteiger charge is -2.09. The minimum Gasteiger partial charge on any atom is -0.334 e. The van der Waals surface area contributed by atoms with Crippen molar-refractivity contribution in [2.24, 2.45) is 0 Å². The number of amides is 2. The van der Waals surface area contributed by atoms with Crippen molar-refractivity contribution >= 4 is 34.9 Å². The van der Waals surface area contributed by atoms with Crippen molar-refractivity contribution < 1.29 is 4.79 Å². The van der Waals surface area contributed by atoms with E-state index >= 15 is 0 Å². The van der Waals surface area contributed by atoms with Crippen LogP contribution in [0, 0.1) is 0 Å². The second kappa shape index (κ2) is 6.41. The van der Waals surface area contributed by atoms with Gasteiger partial charge in [0.1, 0.15) is 0 Å². The van der Waals surface area contributed by atoms with E-state index in [2.05, 4.69) is 15.6 Å². The number of carbonyl (C=O) groups is 1. The molecule has 98 valence electrons. The molecule has 19 heavy (non-hydrogen) atoms. The van der Waals surface area contributed by atoms with Gasteiger partial charge in [-0.15, -0.1) is 0 Å². The third-order valence-electron chi connectivity index (χ3n) is 2.43. The van der Waals surface area contributed by atoms with Crippen LogP contribution in [0.2, 0.25) is 10.0 Å². The SMILES string of the molecule is O=C(NCc1c(Cl)cccc1Cl)Nc1ccncc1. The molecular weight excluding hydrogens is 285 g/mol. The highest BCUT2D eigenvalue weighted by molar-refractivity contribution is 6.36. The summed E-state index contributed by atoms with van der Waals surface area (Å²) in [5.74, 6) is 0. The number of carbonyl (C=O) groups excluding carboxylic acids is 1. The van der Waals surface area contributed by atoms with Gasteiger partial charge in [0.15, 0.2) is 0 Å². The van der Waals surface area contributed by atoms with Gasteiger partial charge < -0.3 is 10.6 Å². The molecule has 0 spiro atoms. The molecule has 0 unspecified atom stereocenters. The Labute approximate surface area is 120 Å². The van der Waals surface area contributed by atoms with Gasteiger partial charge in [0.2, 0.25) is 0 Å². The van der Waals surface area contributed by atoms with Crippen LogP contribution in [-0.4, -0.2) is 11.0 Å². The molecule has 0 saturated carbocycles. The number of urea groups is 1. The van der Waals surface area contributed by atoms with Gasteiger partial charge in [-0.1, -0.05) is 29.3 Å². The summed E-state index contributed by atoms with van der Waals surface area (Å²) in [6, 6.07) is 8.27. The van der Waals surface area contributed by atoms with Crippen molar-refractivity contribution in [1.29, 1.82) is 0 Å². The zero-order chi connectivity index (χ0) is 13.7. The van der Waals surface area contributed by atoms with Crippen molar-refractivity contribution in [1.82, 2.24) is 10.3 Å². The summed E-state index contributed by atoms with van der Waals surface area (Å²) in [7, 11) is 0. The lowest BCUT2D eigenvalue weighted by molar-refractivity contribution is 0.252. The molecular formula is C13H11Cl2N3O. The van der Waals surface area contributed by atoms with Crippen molar-refractivity contribution in [2.75, 3.05) is 5.32 Å². The molecule has 4 nitrogen and oxygen atoms in total. The predicted molar refractivity (Wildman–Crippen MR) is 76.6 cm³/mol. The average Bonchev–Trinajstić information content (AvgIpc) is 2.39. The Morgan fingerprint density at radius 2 is 1.74 bits per heavy atom. The lowest BCUT2D eigenvalue weighted by atomic mass is 10.2. The van der Waals surface area contributed by atoms with Crippen LogP contribution in [0.15, 0.2) is 42.7 Å². The van der Waals surface area contributed by atoms with Crippen LogP contribution in [0.1, 0.15) is 5.56 Å². The van der Waals surface area contributed by atoms with Crippen LogP contribution in [0.3, 0.4) is 0 Å². The van der Waals surface area contributed by atoms with E-state index in [0.29, 0.717) is 21.3 Å². The van der Waals surface area contributed by atoms with Gasteiger partial charge in [-0.3, -0.25) is 4.98 Å². The summed E-state index contributed by atoms with van der Waals surface area (Å²) in [4.78, 5) is 15.5. The molecule has 0 atom stereocenters. The first-order valence-corrected chi connectivity index (χ1v) is 6.30. The molecule has 0 aliphatic rings. The van der Waals surface area contributed by atoms with Crippen molar-refractivity contribution in [3.05, 3.63) is 58.3 Å². The molecule has 0 fully saturated rings. The number of aromatic nitrogens is 1. The average molecular weight is 296 g/mol. The molecule has 0 saturated heterocycles. The van der Waals surface area contributed by atoms with Gasteiger partial charge in [-0.25, -0.2) is 4.79 Å². The smallest absolute Gasteiger partial charge is 0.319 e. The number of hydrogen-bond donors (Lipinski definition) is 2. The third-order valence-corrected chi connectivity index (χ3v) is 3.13. The van der Waals surface area contributed by atoms with Crippen molar-refractivity contribution in [3.63, 3.8) is 0 Å². The monoisotopic (exact) mass is 295 g/mol. The van der Waals surface area contributed by atoms with E-state index in [1.807, 2.05) is 0 Å². The van der Waals surface area contributed by atoms with Gasteiger partial charge in [-0.05, 0) is 24.3 Å². The highest BCUT2D eigenvalue weighted by atomic mass is 35.5. The maximum atomic E-state index is 11.7. The van der Waals surface area contributed by atoms with Crippen LogP contribution in [0.5, 0.6) is 0 Å². The zero-order valence-electron chi connectivity index (χ0n) is 9.86. The molecule has 1 heterocycles. The molecule has 0 aliphatic heterocycles. The highest BCUT2D eigenvalue weighted by Gasteiger charge is 2.07. The van der Waals surface area contributed by atoms with Gasteiger partial charge in [0.25, 0.3) is 0 Å². The number of rotatable bonds is 3. The summed E-state index contributed by atoms with van der Waals surface area (Å²) in [5, 5.41) is 6.41. The minimum absolute atomic E-state index is 0.259. The van der Waals surface area contributed by atoms with Crippen LogP contribution in [0.25, 0.3) is 0 Å². The quantitative estimate of drug-likeness (QED) is 0.907. The van der Waals surface area contributed by atoms with E-state index in [1.165, 1.54) is 0 Å². The van der Waals surface area contributed by atoms with Gasteiger partial charge in [0.05, 0.1) is 0 Å². The Balaban J connectivity index is 1.94. The van der Waals surface area contributed by atoms with Crippen LogP contribution in [0.4, 0.5) is 10.5 Å². The lowest BCUT2D eigenvalue weighted by Crippen LogP contribution is -2.28. The number of pyridine rings is 1. The first-order chi connectivity index (χ1) is 9.16. The molecule has 0 aliphatic carbocycles. The third kappa shape index (κ3) is 3.84. The molecule has 2 amide bonds. The van der Waals surface area contributed by atoms with E-state index in [9.17, 15) is 4.79 Å². The second-order valence-electron chi connectivity index (χ2n) is 3.74. The Bertz CT molecular complexity index is 555. The normalized spacial score (nSPS) is 10.0. The summed E-state index contributed by atoms with van der Waals surface area (Å²) < 4.78 is 0. The zero-order valence-corrected chi connectivity index (χ0v) is 11.4. The Morgan fingerprint density at radius 1 is 1.11 bits per heavy atom. The Hall–Kier alpha value is -1.78. The van der Waals surface area contributed by atoms with Crippen molar-refractivity contribution in [2.45, 2.75) is 6.54 Å². The molecule has 6 heteroatoms. The number of hydrogen-bond acceptors (Lipinski definition) is 2. The van der Waals surface area contributed by atoms with Gasteiger partial charge in [-0.2, -0.15) is 0 Å². The van der Waals surface area contributed by atoms with E-state index in [1.54, 1.807) is 42.7 Å². The first-order valence-electron chi connectivity index (χ1n) is 5.54. The van der Waals surface area contributed by atoms with Crippen LogP contribution in [-0.2, 0) is 6.54 Å². The maximum Gasteiger partial charge on any atom is 0.319 e. The maximum absolute atomic E-state index is 11.7. The fourth-order valence-electron chi connectivity index (χ4n) is 1.48. The van der Waals surface area contributed by atoms with Gasteiger partial charge in [0, 0.05) is 40.2 Å². The standard InChI is InChI=1S/C13H11Cl2N3O/c14-11-2-1-3-12(15)10(11)8-17-13(19)18-9-4-6-16-7-5-9/h1-7H,8H2,(H2,16,17,18,19). The number of nitrogens with one attached hydrogen (secondary N) is 2. The number of nitrogens with zero attached hydrogens (tertiary/aromatic N) is 1. The molecule has 2 aromatic rings. The van der Waals surface area contributed by atoms with Gasteiger partial charge >= 0.3 is 6.03 Å². The van der Waals surface area contributed by atoms with E-state index in [-0.39, 0.29) is 12.6 Å². The topological polar surface area (TPSA) is 54.0 Å². The predicted octanol–water partition coefficient (Wildman–Crippen LogP) is 3.71. The van der Waals surface area contributed by atoms with Crippen LogP contribution >= 0.6 is 23.2 Å². The molecule has 2 rings (SSSR count). The second-order valence-corrected chi connectivity index (χ2v) is 4.56. The fraction of sp³-hybridized carbons (Fsp3) is 0.0769. The summed E-state index contributed by atoms with van der Waals surface area (Å²) in [6.07, 6.45) is 3.20. The molecule has 1 aromatic heterocycles. The van der Waals surface area contributed by atoms with Crippen LogP contribution < -0.4 is 10.6 Å². The number of halogens is 2. The first kappa shape index (κ1) is 13.6. The van der Waals surface area contributed by atoms with E-state index in [4.69, 9.17) is 23.2 Å². The summed E-state index contributed by atoms with van der Waals surface area (Å²) in [5.41, 5.74) is 1.36. The fourth-order valence-corrected chi connectivity index (χ4v) is 2.01. The minimum atomic E-state index is -0.331. The largest absolute Gasteiger partial charge is 0.334 e. The van der Waals surface area contributed by atoms with Crippen molar-refractivity contribution in [3.8, 4) is 0 Å². The Kier molecular flexibility index (Phi) is 4.60. The Morgan fingerprint density at radius 3 is 2.37 bits per heavy atom. The highest BCUT2D eigenvalue weighted by Crippen LogP contribution is 2.23. The van der Waals surface area contributed by atoms with E-state index in [0.717, 1.165) is 0 Å². The molecule has 0 radical (unpaired) electrons. The molecule has 1 aromatic carbocycles. The molecule has 0 bridgehead atoms. The number of anilines is 1. The molecule has 2 N–H and O–H groups in total. The number of benzene rings is 1. The summed E-state index contributed by atoms with van der Waals surface area (Å²) >= 11 is 12.0.